The van der Waals surface area contributed by atoms with Crippen LogP contribution in [0, 0.1) is 0 Å². The van der Waals surface area contributed by atoms with Crippen LogP contribution < -0.4 is 5.32 Å². The molecule has 1 aromatic heterocycles. The highest BCUT2D eigenvalue weighted by Crippen LogP contribution is 2.19. The van der Waals surface area contributed by atoms with Gasteiger partial charge in [0.15, 0.2) is 0 Å². The Morgan fingerprint density at radius 2 is 2.20 bits per heavy atom. The summed E-state index contributed by atoms with van der Waals surface area (Å²) in [4.78, 5) is 11.3. The Morgan fingerprint density at radius 1 is 1.40 bits per heavy atom. The second-order valence-electron chi connectivity index (χ2n) is 5.10. The number of carbonyl (C=O) groups excluding carboxylic acids is 1. The first-order chi connectivity index (χ1) is 9.79. The summed E-state index contributed by atoms with van der Waals surface area (Å²) in [5, 5.41) is 3.24. The summed E-state index contributed by atoms with van der Waals surface area (Å²) in [7, 11) is 1.36. The van der Waals surface area contributed by atoms with Crippen molar-refractivity contribution in [2.45, 2.75) is 44.8 Å². The molecule has 1 aliphatic rings. The number of hydrogen-bond acceptors (Lipinski definition) is 5. The fraction of sp³-hybridized carbons (Fsp3) is 0.667. The molecule has 0 amide bonds. The highest BCUT2D eigenvalue weighted by Gasteiger charge is 2.13. The molecule has 0 aliphatic heterocycles. The number of rotatable bonds is 7. The third-order valence-electron chi connectivity index (χ3n) is 3.56. The van der Waals surface area contributed by atoms with Gasteiger partial charge in [-0.2, -0.15) is 0 Å². The van der Waals surface area contributed by atoms with Gasteiger partial charge in [-0.3, -0.25) is 0 Å². The van der Waals surface area contributed by atoms with Crippen molar-refractivity contribution in [1.29, 1.82) is 0 Å². The van der Waals surface area contributed by atoms with E-state index in [2.05, 4.69) is 10.1 Å². The van der Waals surface area contributed by atoms with Crippen LogP contribution in [0.15, 0.2) is 16.7 Å². The molecule has 1 saturated carbocycles. The molecule has 0 atom stereocenters. The predicted octanol–water partition coefficient (Wildman–Crippen LogP) is 2.51. The van der Waals surface area contributed by atoms with Crippen LogP contribution in [0.2, 0.25) is 0 Å². The van der Waals surface area contributed by atoms with Gasteiger partial charge in [0, 0.05) is 6.54 Å². The van der Waals surface area contributed by atoms with Crippen molar-refractivity contribution in [3.63, 3.8) is 0 Å². The van der Waals surface area contributed by atoms with E-state index < -0.39 is 0 Å². The molecular weight excluding hydrogens is 258 g/mol. The van der Waals surface area contributed by atoms with Crippen molar-refractivity contribution in [1.82, 2.24) is 5.32 Å². The molecule has 0 bridgehead atoms. The van der Waals surface area contributed by atoms with Crippen molar-refractivity contribution >= 4 is 5.97 Å². The minimum absolute atomic E-state index is 0.374. The Hall–Kier alpha value is -1.33. The van der Waals surface area contributed by atoms with Crippen LogP contribution in [0.4, 0.5) is 0 Å². The van der Waals surface area contributed by atoms with E-state index in [4.69, 9.17) is 9.15 Å². The Kier molecular flexibility index (Phi) is 6.08. The quantitative estimate of drug-likeness (QED) is 0.614. The maximum atomic E-state index is 11.3. The average molecular weight is 281 g/mol. The van der Waals surface area contributed by atoms with E-state index >= 15 is 0 Å². The van der Waals surface area contributed by atoms with Crippen LogP contribution >= 0.6 is 0 Å². The summed E-state index contributed by atoms with van der Waals surface area (Å²) >= 11 is 0. The topological polar surface area (TPSA) is 60.7 Å². The molecule has 20 heavy (non-hydrogen) atoms. The van der Waals surface area contributed by atoms with E-state index in [9.17, 15) is 4.79 Å². The van der Waals surface area contributed by atoms with Gasteiger partial charge in [0.25, 0.3) is 0 Å². The van der Waals surface area contributed by atoms with Crippen LogP contribution in [-0.2, 0) is 16.0 Å². The molecule has 112 valence electrons. The minimum Gasteiger partial charge on any atom is -0.467 e. The van der Waals surface area contributed by atoms with E-state index in [1.807, 2.05) is 0 Å². The van der Waals surface area contributed by atoms with E-state index in [1.165, 1.54) is 45.5 Å². The maximum absolute atomic E-state index is 11.3. The number of carbonyl (C=O) groups is 1. The Morgan fingerprint density at radius 3 is 2.95 bits per heavy atom. The molecule has 0 radical (unpaired) electrons. The van der Waals surface area contributed by atoms with Crippen LogP contribution in [0.5, 0.6) is 0 Å². The second kappa shape index (κ2) is 8.07. The molecular formula is C15H23NO4. The second-order valence-corrected chi connectivity index (χ2v) is 5.10. The number of furan rings is 1. The third-order valence-corrected chi connectivity index (χ3v) is 3.56. The number of nitrogens with one attached hydrogen (secondary N) is 1. The van der Waals surface area contributed by atoms with E-state index in [0.29, 0.717) is 18.2 Å². The molecule has 0 unspecified atom stereocenters. The highest BCUT2D eigenvalue weighted by atomic mass is 16.5. The standard InChI is InChI=1S/C15H23NO4/c1-18-15(17)12-9-14(20-11-12)10-16-7-8-19-13-5-3-2-4-6-13/h9,11,13,16H,2-8,10H2,1H3. The summed E-state index contributed by atoms with van der Waals surface area (Å²) in [6, 6.07) is 1.70. The van der Waals surface area contributed by atoms with Crippen molar-refractivity contribution in [3.8, 4) is 0 Å². The van der Waals surface area contributed by atoms with E-state index in [0.717, 1.165) is 18.9 Å². The van der Waals surface area contributed by atoms with Crippen LogP contribution in [-0.4, -0.2) is 32.3 Å². The average Bonchev–Trinajstić information content (AvgIpc) is 2.96. The van der Waals surface area contributed by atoms with Crippen LogP contribution in [0.1, 0.15) is 48.2 Å². The van der Waals surface area contributed by atoms with Crippen molar-refractivity contribution in [2.75, 3.05) is 20.3 Å². The SMILES string of the molecule is COC(=O)c1coc(CNCCOC2CCCCC2)c1. The smallest absolute Gasteiger partial charge is 0.341 e. The normalized spacial score (nSPS) is 16.2. The molecule has 0 spiro atoms. The van der Waals surface area contributed by atoms with Gasteiger partial charge < -0.3 is 19.2 Å². The molecule has 1 heterocycles. The lowest BCUT2D eigenvalue weighted by atomic mass is 9.98. The lowest BCUT2D eigenvalue weighted by Crippen LogP contribution is -2.24. The molecule has 5 heteroatoms. The molecule has 0 saturated heterocycles. The maximum Gasteiger partial charge on any atom is 0.341 e. The van der Waals surface area contributed by atoms with Crippen molar-refractivity contribution in [3.05, 3.63) is 23.7 Å². The van der Waals surface area contributed by atoms with Crippen molar-refractivity contribution in [2.24, 2.45) is 0 Å². The summed E-state index contributed by atoms with van der Waals surface area (Å²) in [5.41, 5.74) is 0.447. The van der Waals surface area contributed by atoms with Gasteiger partial charge >= 0.3 is 5.97 Å². The fourth-order valence-electron chi connectivity index (χ4n) is 2.44. The molecule has 0 aromatic carbocycles. The van der Waals surface area contributed by atoms with Crippen LogP contribution in [0.25, 0.3) is 0 Å². The predicted molar refractivity (Wildman–Crippen MR) is 74.6 cm³/mol. The van der Waals surface area contributed by atoms with Gasteiger partial charge in [0.05, 0.1) is 31.9 Å². The third kappa shape index (κ3) is 4.65. The first-order valence-electron chi connectivity index (χ1n) is 7.27. The van der Waals surface area contributed by atoms with Gasteiger partial charge in [0.2, 0.25) is 0 Å². The van der Waals surface area contributed by atoms with Gasteiger partial charge in [0.1, 0.15) is 12.0 Å². The Balaban J connectivity index is 1.58. The van der Waals surface area contributed by atoms with Crippen LogP contribution in [0.3, 0.4) is 0 Å². The molecule has 1 aromatic rings. The molecule has 1 aliphatic carbocycles. The van der Waals surface area contributed by atoms with E-state index in [-0.39, 0.29) is 5.97 Å². The largest absolute Gasteiger partial charge is 0.467 e. The van der Waals surface area contributed by atoms with Gasteiger partial charge in [-0.1, -0.05) is 19.3 Å². The zero-order chi connectivity index (χ0) is 14.2. The van der Waals surface area contributed by atoms with Gasteiger partial charge in [-0.15, -0.1) is 0 Å². The minimum atomic E-state index is -0.374. The molecule has 5 nitrogen and oxygen atoms in total. The van der Waals surface area contributed by atoms with Gasteiger partial charge in [-0.25, -0.2) is 4.79 Å². The van der Waals surface area contributed by atoms with Crippen molar-refractivity contribution < 1.29 is 18.7 Å². The monoisotopic (exact) mass is 281 g/mol. The first kappa shape index (κ1) is 15.1. The van der Waals surface area contributed by atoms with E-state index in [1.54, 1.807) is 6.07 Å². The fourth-order valence-corrected chi connectivity index (χ4v) is 2.44. The number of esters is 1. The number of methoxy groups -OCH3 is 1. The highest BCUT2D eigenvalue weighted by molar-refractivity contribution is 5.88. The lowest BCUT2D eigenvalue weighted by molar-refractivity contribution is 0.0301. The summed E-state index contributed by atoms with van der Waals surface area (Å²) < 4.78 is 15.7. The summed E-state index contributed by atoms with van der Waals surface area (Å²) in [6.45, 7) is 2.09. The molecule has 2 rings (SSSR count). The molecule has 1 N–H and O–H groups in total. The zero-order valence-corrected chi connectivity index (χ0v) is 12.0. The first-order valence-corrected chi connectivity index (χ1v) is 7.27. The number of ether oxygens (including phenoxy) is 2. The lowest BCUT2D eigenvalue weighted by Gasteiger charge is -2.21. The molecule has 1 fully saturated rings. The zero-order valence-electron chi connectivity index (χ0n) is 12.0. The Labute approximate surface area is 119 Å². The number of hydrogen-bond donors (Lipinski definition) is 1. The Bertz CT molecular complexity index is 410. The summed E-state index contributed by atoms with van der Waals surface area (Å²) in [6.07, 6.45) is 8.18. The van der Waals surface area contributed by atoms with Gasteiger partial charge in [-0.05, 0) is 18.9 Å². The summed E-state index contributed by atoms with van der Waals surface area (Å²) in [5.74, 6) is 0.351.